The summed E-state index contributed by atoms with van der Waals surface area (Å²) in [5.74, 6) is 0.884. The molecule has 0 heterocycles. The lowest BCUT2D eigenvalue weighted by molar-refractivity contribution is 0.287. The van der Waals surface area contributed by atoms with Crippen LogP contribution in [0, 0.1) is 5.92 Å². The Morgan fingerprint density at radius 1 is 1.20 bits per heavy atom. The van der Waals surface area contributed by atoms with Crippen LogP contribution < -0.4 is 0 Å². The van der Waals surface area contributed by atoms with Crippen molar-refractivity contribution in [2.45, 2.75) is 47.0 Å². The molecule has 0 saturated carbocycles. The van der Waals surface area contributed by atoms with E-state index in [0.29, 0.717) is 6.61 Å². The molecule has 0 radical (unpaired) electrons. The Morgan fingerprint density at radius 2 is 1.60 bits per heavy atom. The molecule has 0 amide bonds. The molecule has 0 unspecified atom stereocenters. The van der Waals surface area contributed by atoms with Gasteiger partial charge in [0.25, 0.3) is 0 Å². The third kappa shape index (κ3) is 24.6. The first-order valence-corrected chi connectivity index (χ1v) is 4.29. The van der Waals surface area contributed by atoms with Crippen molar-refractivity contribution in [3.63, 3.8) is 0 Å². The first kappa shape index (κ1) is 12.6. The van der Waals surface area contributed by atoms with Gasteiger partial charge in [-0.1, -0.05) is 40.5 Å². The minimum Gasteiger partial charge on any atom is -0.396 e. The molecular weight excluding hydrogens is 124 g/mol. The second-order valence-electron chi connectivity index (χ2n) is 2.88. The molecule has 0 aromatic carbocycles. The number of hydrogen-bond acceptors (Lipinski definition) is 1. The fourth-order valence-electron chi connectivity index (χ4n) is 0.158. The molecule has 64 valence electrons. The molecule has 0 aliphatic carbocycles. The van der Waals surface area contributed by atoms with Crippen molar-refractivity contribution < 1.29 is 5.11 Å². The van der Waals surface area contributed by atoms with Crippen molar-refractivity contribution in [3.8, 4) is 0 Å². The molecule has 0 aromatic heterocycles. The Balaban J connectivity index is 0. The quantitative estimate of drug-likeness (QED) is 0.649. The second-order valence-corrected chi connectivity index (χ2v) is 2.88. The third-order valence-electron chi connectivity index (χ3n) is 1.33. The minimum absolute atomic E-state index is 0.344. The van der Waals surface area contributed by atoms with Crippen molar-refractivity contribution in [3.05, 3.63) is 0 Å². The van der Waals surface area contributed by atoms with Crippen LogP contribution in [0.25, 0.3) is 0 Å². The van der Waals surface area contributed by atoms with E-state index in [1.807, 2.05) is 0 Å². The summed E-state index contributed by atoms with van der Waals surface area (Å²) in [6, 6.07) is 0. The maximum Gasteiger partial charge on any atom is 0.0430 e. The highest BCUT2D eigenvalue weighted by molar-refractivity contribution is 4.32. The number of aliphatic hydroxyl groups excluding tert-OH is 1. The molecule has 0 atom stereocenters. The number of rotatable bonds is 3. The van der Waals surface area contributed by atoms with E-state index in [1.54, 1.807) is 0 Å². The SMILES string of the molecule is CCC(C)C.CCCCO. The Morgan fingerprint density at radius 3 is 1.60 bits per heavy atom. The summed E-state index contributed by atoms with van der Waals surface area (Å²) in [5.41, 5.74) is 0. The van der Waals surface area contributed by atoms with E-state index < -0.39 is 0 Å². The third-order valence-corrected chi connectivity index (χ3v) is 1.33. The molecule has 0 saturated heterocycles. The van der Waals surface area contributed by atoms with Crippen molar-refractivity contribution in [2.75, 3.05) is 6.61 Å². The van der Waals surface area contributed by atoms with Gasteiger partial charge in [-0.25, -0.2) is 0 Å². The van der Waals surface area contributed by atoms with Gasteiger partial charge < -0.3 is 5.11 Å². The highest BCUT2D eigenvalue weighted by atomic mass is 16.2. The molecular formula is C9H22O. The smallest absolute Gasteiger partial charge is 0.0430 e. The normalized spacial score (nSPS) is 9.00. The van der Waals surface area contributed by atoms with E-state index in [1.165, 1.54) is 6.42 Å². The predicted molar refractivity (Wildman–Crippen MR) is 47.1 cm³/mol. The van der Waals surface area contributed by atoms with Gasteiger partial charge in [0.1, 0.15) is 0 Å². The zero-order valence-corrected chi connectivity index (χ0v) is 7.85. The van der Waals surface area contributed by atoms with Crippen molar-refractivity contribution in [1.29, 1.82) is 0 Å². The largest absolute Gasteiger partial charge is 0.396 e. The zero-order valence-electron chi connectivity index (χ0n) is 7.85. The van der Waals surface area contributed by atoms with Gasteiger partial charge in [0.2, 0.25) is 0 Å². The minimum atomic E-state index is 0.344. The molecule has 0 fully saturated rings. The summed E-state index contributed by atoms with van der Waals surface area (Å²) >= 11 is 0. The van der Waals surface area contributed by atoms with Crippen LogP contribution in [-0.2, 0) is 0 Å². The number of hydrogen-bond donors (Lipinski definition) is 1. The summed E-state index contributed by atoms with van der Waals surface area (Å²) < 4.78 is 0. The van der Waals surface area contributed by atoms with Crippen LogP contribution in [0.2, 0.25) is 0 Å². The van der Waals surface area contributed by atoms with Crippen LogP contribution in [0.15, 0.2) is 0 Å². The van der Waals surface area contributed by atoms with Crippen LogP contribution in [0.4, 0.5) is 0 Å². The Hall–Kier alpha value is -0.0400. The van der Waals surface area contributed by atoms with Gasteiger partial charge >= 0.3 is 0 Å². The lowest BCUT2D eigenvalue weighted by atomic mass is 10.2. The Kier molecular flexibility index (Phi) is 14.8. The van der Waals surface area contributed by atoms with E-state index in [2.05, 4.69) is 27.7 Å². The molecule has 0 spiro atoms. The highest BCUT2D eigenvalue weighted by Gasteiger charge is 1.80. The maximum atomic E-state index is 8.07. The van der Waals surface area contributed by atoms with Gasteiger partial charge in [0, 0.05) is 6.61 Å². The first-order valence-electron chi connectivity index (χ1n) is 4.29. The Bertz CT molecular complexity index is 40.0. The average molecular weight is 146 g/mol. The molecule has 0 aliphatic heterocycles. The molecule has 0 aliphatic rings. The van der Waals surface area contributed by atoms with Gasteiger partial charge in [-0.3, -0.25) is 0 Å². The summed E-state index contributed by atoms with van der Waals surface area (Å²) in [7, 11) is 0. The number of unbranched alkanes of at least 4 members (excludes halogenated alkanes) is 1. The maximum absolute atomic E-state index is 8.07. The predicted octanol–water partition coefficient (Wildman–Crippen LogP) is 2.83. The van der Waals surface area contributed by atoms with Crippen molar-refractivity contribution >= 4 is 0 Å². The summed E-state index contributed by atoms with van der Waals surface area (Å²) in [6.45, 7) is 9.04. The van der Waals surface area contributed by atoms with Crippen molar-refractivity contribution in [1.82, 2.24) is 0 Å². The molecule has 0 rings (SSSR count). The van der Waals surface area contributed by atoms with Gasteiger partial charge in [-0.15, -0.1) is 0 Å². The van der Waals surface area contributed by atoms with Gasteiger partial charge in [-0.05, 0) is 12.3 Å². The number of aliphatic hydroxyl groups is 1. The first-order chi connectivity index (χ1) is 4.68. The fourth-order valence-corrected chi connectivity index (χ4v) is 0.158. The zero-order chi connectivity index (χ0) is 8.41. The second kappa shape index (κ2) is 11.7. The van der Waals surface area contributed by atoms with Crippen LogP contribution in [-0.4, -0.2) is 11.7 Å². The molecule has 10 heavy (non-hydrogen) atoms. The van der Waals surface area contributed by atoms with Gasteiger partial charge in [0.05, 0.1) is 0 Å². The molecule has 1 nitrogen and oxygen atoms in total. The van der Waals surface area contributed by atoms with Gasteiger partial charge in [-0.2, -0.15) is 0 Å². The van der Waals surface area contributed by atoms with E-state index in [4.69, 9.17) is 5.11 Å². The van der Waals surface area contributed by atoms with E-state index in [0.717, 1.165) is 18.8 Å². The van der Waals surface area contributed by atoms with Crippen LogP contribution >= 0.6 is 0 Å². The highest BCUT2D eigenvalue weighted by Crippen LogP contribution is 1.93. The van der Waals surface area contributed by atoms with E-state index in [9.17, 15) is 0 Å². The van der Waals surface area contributed by atoms with Crippen LogP contribution in [0.1, 0.15) is 47.0 Å². The van der Waals surface area contributed by atoms with E-state index >= 15 is 0 Å². The van der Waals surface area contributed by atoms with E-state index in [-0.39, 0.29) is 0 Å². The summed E-state index contributed by atoms with van der Waals surface area (Å²) in [4.78, 5) is 0. The van der Waals surface area contributed by atoms with Crippen LogP contribution in [0.3, 0.4) is 0 Å². The molecule has 0 bridgehead atoms. The summed E-state index contributed by atoms with van der Waals surface area (Å²) in [5, 5.41) is 8.07. The average Bonchev–Trinajstić information content (AvgIpc) is 1.91. The standard InChI is InChI=1S/C5H12.C4H10O/c1-4-5(2)3;1-2-3-4-5/h5H,4H2,1-3H3;5H,2-4H2,1H3. The Labute approximate surface area is 65.5 Å². The fraction of sp³-hybridized carbons (Fsp3) is 1.00. The lowest BCUT2D eigenvalue weighted by Crippen LogP contribution is -1.77. The molecule has 0 aromatic rings. The van der Waals surface area contributed by atoms with Crippen LogP contribution in [0.5, 0.6) is 0 Å². The van der Waals surface area contributed by atoms with Gasteiger partial charge in [0.15, 0.2) is 0 Å². The molecule has 1 heteroatoms. The monoisotopic (exact) mass is 146 g/mol. The van der Waals surface area contributed by atoms with Crippen molar-refractivity contribution in [2.24, 2.45) is 5.92 Å². The summed E-state index contributed by atoms with van der Waals surface area (Å²) in [6.07, 6.45) is 3.34. The topological polar surface area (TPSA) is 20.2 Å². The molecule has 1 N–H and O–H groups in total. The lowest BCUT2D eigenvalue weighted by Gasteiger charge is -1.90.